The molecule has 5 N–H and O–H groups in total. The molecule has 0 spiro atoms. The van der Waals surface area contributed by atoms with Crippen LogP contribution in [-0.4, -0.2) is 39.5 Å². The van der Waals surface area contributed by atoms with Crippen molar-refractivity contribution >= 4 is 46.7 Å². The Labute approximate surface area is 119 Å². The number of carbonyl (C=O) groups excluding carboxylic acids is 1. The van der Waals surface area contributed by atoms with Gasteiger partial charge < -0.3 is 21.3 Å². The minimum atomic E-state index is -1.68. The number of rotatable bonds is 7. The summed E-state index contributed by atoms with van der Waals surface area (Å²) in [5.41, 5.74) is 10.8. The van der Waals surface area contributed by atoms with Gasteiger partial charge in [0.2, 0.25) is 3.79 Å². The summed E-state index contributed by atoms with van der Waals surface area (Å²) in [6.07, 6.45) is 0.859. The molecule has 0 aliphatic heterocycles. The van der Waals surface area contributed by atoms with Crippen LogP contribution in [0.5, 0.6) is 0 Å². The van der Waals surface area contributed by atoms with Crippen molar-refractivity contribution < 1.29 is 19.4 Å². The van der Waals surface area contributed by atoms with Crippen molar-refractivity contribution in [1.82, 2.24) is 0 Å². The van der Waals surface area contributed by atoms with Crippen molar-refractivity contribution in [3.05, 3.63) is 0 Å². The number of aliphatic carboxylic acids is 1. The van der Waals surface area contributed by atoms with E-state index in [2.05, 4.69) is 4.74 Å². The third kappa shape index (κ3) is 8.77. The molecule has 18 heavy (non-hydrogen) atoms. The highest BCUT2D eigenvalue weighted by Crippen LogP contribution is 2.26. The van der Waals surface area contributed by atoms with Gasteiger partial charge in [-0.1, -0.05) is 34.8 Å². The van der Waals surface area contributed by atoms with Crippen LogP contribution in [0, 0.1) is 0 Å². The van der Waals surface area contributed by atoms with E-state index in [1.54, 1.807) is 0 Å². The predicted octanol–water partition coefficient (Wildman–Crippen LogP) is 0.809. The van der Waals surface area contributed by atoms with Crippen LogP contribution in [0.3, 0.4) is 0 Å². The minimum absolute atomic E-state index is 0.223. The van der Waals surface area contributed by atoms with Crippen molar-refractivity contribution in [3.8, 4) is 0 Å². The van der Waals surface area contributed by atoms with E-state index in [9.17, 15) is 9.59 Å². The lowest BCUT2D eigenvalue weighted by Gasteiger charge is -2.15. The van der Waals surface area contributed by atoms with Gasteiger partial charge in [-0.05, 0) is 19.3 Å². The minimum Gasteiger partial charge on any atom is -0.480 e. The van der Waals surface area contributed by atoms with Crippen LogP contribution in [0.2, 0.25) is 0 Å². The van der Waals surface area contributed by atoms with E-state index in [0.29, 0.717) is 6.42 Å². The lowest BCUT2D eigenvalue weighted by Crippen LogP contribution is -2.35. The number of carbonyl (C=O) groups is 2. The molecule has 0 radical (unpaired) electrons. The first-order valence-electron chi connectivity index (χ1n) is 5.11. The van der Waals surface area contributed by atoms with Crippen molar-refractivity contribution in [1.29, 1.82) is 0 Å². The SMILES string of the molecule is NC(CCCC(N)C(=O)OCC(Cl)(Cl)Cl)C(=O)O. The van der Waals surface area contributed by atoms with E-state index in [1.165, 1.54) is 0 Å². The Morgan fingerprint density at radius 1 is 1.17 bits per heavy atom. The van der Waals surface area contributed by atoms with Crippen molar-refractivity contribution in [3.63, 3.8) is 0 Å². The first kappa shape index (κ1) is 17.7. The molecule has 0 aromatic carbocycles. The zero-order chi connectivity index (χ0) is 14.3. The Balaban J connectivity index is 3.85. The van der Waals surface area contributed by atoms with Crippen LogP contribution in [0.4, 0.5) is 0 Å². The van der Waals surface area contributed by atoms with Gasteiger partial charge in [0.05, 0.1) is 0 Å². The van der Waals surface area contributed by atoms with E-state index in [4.69, 9.17) is 51.4 Å². The quantitative estimate of drug-likeness (QED) is 0.472. The lowest BCUT2D eigenvalue weighted by atomic mass is 10.1. The maximum Gasteiger partial charge on any atom is 0.323 e. The van der Waals surface area contributed by atoms with Crippen LogP contribution < -0.4 is 11.5 Å². The van der Waals surface area contributed by atoms with E-state index in [-0.39, 0.29) is 12.8 Å². The Morgan fingerprint density at radius 3 is 2.11 bits per heavy atom. The molecule has 0 saturated carbocycles. The third-order valence-electron chi connectivity index (χ3n) is 2.03. The zero-order valence-electron chi connectivity index (χ0n) is 9.44. The summed E-state index contributed by atoms with van der Waals surface area (Å²) in [6, 6.07) is -1.85. The number of ether oxygens (including phenoxy) is 1. The molecular weight excluding hydrogens is 306 g/mol. The van der Waals surface area contributed by atoms with Crippen LogP contribution >= 0.6 is 34.8 Å². The molecule has 0 bridgehead atoms. The van der Waals surface area contributed by atoms with Crippen LogP contribution in [0.25, 0.3) is 0 Å². The van der Waals surface area contributed by atoms with Gasteiger partial charge in [0.1, 0.15) is 18.7 Å². The smallest absolute Gasteiger partial charge is 0.323 e. The highest BCUT2D eigenvalue weighted by Gasteiger charge is 2.24. The van der Waals surface area contributed by atoms with Gasteiger partial charge >= 0.3 is 11.9 Å². The number of alkyl halides is 3. The molecule has 2 unspecified atom stereocenters. The fraction of sp³-hybridized carbons (Fsp3) is 0.778. The monoisotopic (exact) mass is 320 g/mol. The fourth-order valence-electron chi connectivity index (χ4n) is 1.06. The van der Waals surface area contributed by atoms with Crippen molar-refractivity contribution in [2.75, 3.05) is 6.61 Å². The number of carboxylic acid groups (broad SMARTS) is 1. The maximum absolute atomic E-state index is 11.3. The van der Waals surface area contributed by atoms with Gasteiger partial charge in [-0.2, -0.15) is 0 Å². The normalized spacial score (nSPS) is 14.9. The molecular formula is C9H15Cl3N2O4. The standard InChI is InChI=1S/C9H15Cl3N2O4/c10-9(11,12)4-18-8(17)6(14)3-1-2-5(13)7(15)16/h5-6H,1-4,13-14H2,(H,15,16). The Kier molecular flexibility index (Phi) is 7.89. The second-order valence-corrected chi connectivity index (χ2v) is 6.22. The first-order chi connectivity index (χ1) is 8.13. The number of hydrogen-bond acceptors (Lipinski definition) is 5. The summed E-state index contributed by atoms with van der Waals surface area (Å²) in [5.74, 6) is -1.80. The molecule has 0 aromatic rings. The summed E-state index contributed by atoms with van der Waals surface area (Å²) >= 11 is 16.2. The number of hydrogen-bond donors (Lipinski definition) is 3. The summed E-state index contributed by atoms with van der Waals surface area (Å²) in [5, 5.41) is 8.54. The Hall–Kier alpha value is -0.270. The summed E-state index contributed by atoms with van der Waals surface area (Å²) in [7, 11) is 0. The second kappa shape index (κ2) is 8.01. The van der Waals surface area contributed by atoms with Gasteiger partial charge in [-0.25, -0.2) is 0 Å². The van der Waals surface area contributed by atoms with E-state index in [0.717, 1.165) is 0 Å². The van der Waals surface area contributed by atoms with Gasteiger partial charge in [0.25, 0.3) is 0 Å². The third-order valence-corrected chi connectivity index (χ3v) is 2.36. The largest absolute Gasteiger partial charge is 0.480 e. The van der Waals surface area contributed by atoms with Gasteiger partial charge in [0, 0.05) is 0 Å². The second-order valence-electron chi connectivity index (χ2n) is 3.71. The van der Waals surface area contributed by atoms with Crippen LogP contribution in [0.15, 0.2) is 0 Å². The number of nitrogens with two attached hydrogens (primary N) is 2. The van der Waals surface area contributed by atoms with Crippen molar-refractivity contribution in [2.45, 2.75) is 35.1 Å². The Morgan fingerprint density at radius 2 is 1.67 bits per heavy atom. The molecule has 6 nitrogen and oxygen atoms in total. The van der Waals surface area contributed by atoms with Crippen molar-refractivity contribution in [2.24, 2.45) is 11.5 Å². The van der Waals surface area contributed by atoms with E-state index >= 15 is 0 Å². The molecule has 0 aliphatic rings. The highest BCUT2D eigenvalue weighted by atomic mass is 35.6. The van der Waals surface area contributed by atoms with Crippen LogP contribution in [-0.2, 0) is 14.3 Å². The molecule has 9 heteroatoms. The van der Waals surface area contributed by atoms with Gasteiger partial charge in [-0.3, -0.25) is 9.59 Å². The molecule has 106 valence electrons. The summed E-state index contributed by atoms with van der Waals surface area (Å²) in [6.45, 7) is -0.390. The molecule has 2 atom stereocenters. The van der Waals surface area contributed by atoms with E-state index in [1.807, 2.05) is 0 Å². The number of halogens is 3. The van der Waals surface area contributed by atoms with Crippen LogP contribution in [0.1, 0.15) is 19.3 Å². The highest BCUT2D eigenvalue weighted by molar-refractivity contribution is 6.67. The molecule has 0 aliphatic carbocycles. The molecule has 0 saturated heterocycles. The topological polar surface area (TPSA) is 116 Å². The average molecular weight is 322 g/mol. The molecule has 0 aromatic heterocycles. The summed E-state index contributed by atoms with van der Waals surface area (Å²) in [4.78, 5) is 21.8. The Bertz CT molecular complexity index is 296. The van der Waals surface area contributed by atoms with Gasteiger partial charge in [-0.15, -0.1) is 0 Å². The maximum atomic E-state index is 11.3. The molecule has 0 rings (SSSR count). The zero-order valence-corrected chi connectivity index (χ0v) is 11.7. The average Bonchev–Trinajstić information content (AvgIpc) is 2.24. The number of esters is 1. The number of carboxylic acids is 1. The molecule has 0 fully saturated rings. The molecule has 0 heterocycles. The van der Waals surface area contributed by atoms with E-state index < -0.39 is 34.4 Å². The molecule has 0 amide bonds. The lowest BCUT2D eigenvalue weighted by molar-refractivity contribution is -0.145. The van der Waals surface area contributed by atoms with Gasteiger partial charge in [0.15, 0.2) is 0 Å². The first-order valence-corrected chi connectivity index (χ1v) is 6.24. The predicted molar refractivity (Wildman–Crippen MR) is 68.7 cm³/mol. The summed E-state index contributed by atoms with van der Waals surface area (Å²) < 4.78 is 2.99. The fourth-order valence-corrected chi connectivity index (χ4v) is 1.22.